The van der Waals surface area contributed by atoms with Gasteiger partial charge in [-0.3, -0.25) is 9.98 Å². The molecule has 0 spiro atoms. The number of rotatable bonds is 3. The largest absolute Gasteiger partial charge is 0.504 e. The van der Waals surface area contributed by atoms with Crippen molar-refractivity contribution >= 4 is 38.7 Å². The third-order valence-corrected chi connectivity index (χ3v) is 3.91. The van der Waals surface area contributed by atoms with Crippen LogP contribution in [0.4, 0.5) is 5.69 Å². The van der Waals surface area contributed by atoms with E-state index in [0.29, 0.717) is 11.3 Å². The number of halogens is 1. The molecule has 1 aromatic heterocycles. The minimum Gasteiger partial charge on any atom is -0.504 e. The van der Waals surface area contributed by atoms with E-state index in [0.717, 1.165) is 26.8 Å². The molecule has 5 heteroatoms. The van der Waals surface area contributed by atoms with Crippen LogP contribution in [0.2, 0.25) is 0 Å². The molecule has 0 saturated carbocycles. The minimum absolute atomic E-state index is 0.0641. The second kappa shape index (κ2) is 6.38. The summed E-state index contributed by atoms with van der Waals surface area (Å²) in [5.74, 6) is 0.464. The van der Waals surface area contributed by atoms with E-state index >= 15 is 0 Å². The molecule has 0 saturated heterocycles. The van der Waals surface area contributed by atoms with Crippen molar-refractivity contribution in [1.29, 1.82) is 0 Å². The highest BCUT2D eigenvalue weighted by Gasteiger charge is 2.08. The van der Waals surface area contributed by atoms with E-state index in [-0.39, 0.29) is 5.75 Å². The van der Waals surface area contributed by atoms with Gasteiger partial charge in [-0.25, -0.2) is 0 Å². The van der Waals surface area contributed by atoms with Gasteiger partial charge in [-0.15, -0.1) is 0 Å². The summed E-state index contributed by atoms with van der Waals surface area (Å²) in [6, 6.07) is 13.3. The number of pyridine rings is 1. The molecule has 2 aromatic carbocycles. The molecule has 0 fully saturated rings. The molecule has 0 amide bonds. The normalized spacial score (nSPS) is 11.3. The number of aryl methyl sites for hydroxylation is 1. The fourth-order valence-electron chi connectivity index (χ4n) is 2.28. The van der Waals surface area contributed by atoms with Gasteiger partial charge in [-0.05, 0) is 37.3 Å². The molecule has 23 heavy (non-hydrogen) atoms. The summed E-state index contributed by atoms with van der Waals surface area (Å²) >= 11 is 3.39. The zero-order valence-electron chi connectivity index (χ0n) is 12.7. The van der Waals surface area contributed by atoms with E-state index in [1.54, 1.807) is 18.3 Å². The number of nitrogens with zero attached hydrogens (tertiary/aromatic N) is 2. The fourth-order valence-corrected chi connectivity index (χ4v) is 2.73. The zero-order chi connectivity index (χ0) is 16.4. The summed E-state index contributed by atoms with van der Waals surface area (Å²) in [4.78, 5) is 8.93. The van der Waals surface area contributed by atoms with Crippen molar-refractivity contribution in [3.63, 3.8) is 0 Å². The number of methoxy groups -OCH3 is 1. The van der Waals surface area contributed by atoms with Crippen molar-refractivity contribution in [3.05, 3.63) is 58.2 Å². The first-order valence-corrected chi connectivity index (χ1v) is 7.84. The SMILES string of the molecule is COc1cc(Br)cc(C=Nc2ccc3ccc(C)nc3c2)c1O. The molecule has 3 aromatic rings. The quantitative estimate of drug-likeness (QED) is 0.675. The van der Waals surface area contributed by atoms with Crippen LogP contribution in [0.3, 0.4) is 0 Å². The van der Waals surface area contributed by atoms with Gasteiger partial charge in [0.2, 0.25) is 0 Å². The minimum atomic E-state index is 0.0641. The standard InChI is InChI=1S/C18H15BrN2O2/c1-11-3-4-12-5-6-15(9-16(12)21-11)20-10-13-7-14(19)8-17(23-2)18(13)22/h3-10,22H,1-2H3. The molecule has 0 aliphatic rings. The molecule has 3 rings (SSSR count). The first-order valence-electron chi connectivity index (χ1n) is 7.05. The number of ether oxygens (including phenoxy) is 1. The van der Waals surface area contributed by atoms with Crippen LogP contribution < -0.4 is 4.74 Å². The Labute approximate surface area is 142 Å². The van der Waals surface area contributed by atoms with Gasteiger partial charge < -0.3 is 9.84 Å². The van der Waals surface area contributed by atoms with Crippen molar-refractivity contribution in [2.45, 2.75) is 6.92 Å². The number of phenols is 1. The molecular formula is C18H15BrN2O2. The van der Waals surface area contributed by atoms with Crippen molar-refractivity contribution in [3.8, 4) is 11.5 Å². The number of aromatic nitrogens is 1. The molecule has 0 unspecified atom stereocenters. The molecular weight excluding hydrogens is 356 g/mol. The Balaban J connectivity index is 1.98. The zero-order valence-corrected chi connectivity index (χ0v) is 14.3. The van der Waals surface area contributed by atoms with Crippen LogP contribution in [0.1, 0.15) is 11.3 Å². The Morgan fingerprint density at radius 1 is 1.17 bits per heavy atom. The predicted molar refractivity (Wildman–Crippen MR) is 96.1 cm³/mol. The maximum Gasteiger partial charge on any atom is 0.166 e. The summed E-state index contributed by atoms with van der Waals surface area (Å²) in [7, 11) is 1.51. The predicted octanol–water partition coefficient (Wildman–Crippen LogP) is 4.77. The lowest BCUT2D eigenvalue weighted by atomic mass is 10.2. The molecule has 0 radical (unpaired) electrons. The molecule has 116 valence electrons. The first kappa shape index (κ1) is 15.5. The molecule has 0 aliphatic heterocycles. The molecule has 1 heterocycles. The van der Waals surface area contributed by atoms with Gasteiger partial charge in [0.15, 0.2) is 11.5 Å². The van der Waals surface area contributed by atoms with E-state index in [1.807, 2.05) is 37.3 Å². The van der Waals surface area contributed by atoms with Crippen LogP contribution in [0.15, 0.2) is 51.9 Å². The second-order valence-corrected chi connectivity index (χ2v) is 6.05. The van der Waals surface area contributed by atoms with E-state index in [1.165, 1.54) is 7.11 Å². The first-order chi connectivity index (χ1) is 11.1. The van der Waals surface area contributed by atoms with Crippen molar-refractivity contribution < 1.29 is 9.84 Å². The Bertz CT molecular complexity index is 907. The average Bonchev–Trinajstić information content (AvgIpc) is 2.54. The van der Waals surface area contributed by atoms with Gasteiger partial charge in [0.05, 0.1) is 18.3 Å². The topological polar surface area (TPSA) is 54.7 Å². The van der Waals surface area contributed by atoms with Gasteiger partial charge in [0.25, 0.3) is 0 Å². The van der Waals surface area contributed by atoms with Crippen LogP contribution in [0.5, 0.6) is 11.5 Å². The van der Waals surface area contributed by atoms with E-state index in [2.05, 4.69) is 25.9 Å². The lowest BCUT2D eigenvalue weighted by Crippen LogP contribution is -1.89. The summed E-state index contributed by atoms with van der Waals surface area (Å²) in [6.45, 7) is 1.96. The van der Waals surface area contributed by atoms with Crippen LogP contribution in [0.25, 0.3) is 10.9 Å². The van der Waals surface area contributed by atoms with Gasteiger partial charge in [0.1, 0.15) is 0 Å². The third kappa shape index (κ3) is 3.35. The number of benzene rings is 2. The Kier molecular flexibility index (Phi) is 4.30. The third-order valence-electron chi connectivity index (χ3n) is 3.46. The van der Waals surface area contributed by atoms with Crippen molar-refractivity contribution in [2.24, 2.45) is 4.99 Å². The average molecular weight is 371 g/mol. The maximum atomic E-state index is 10.1. The smallest absolute Gasteiger partial charge is 0.166 e. The lowest BCUT2D eigenvalue weighted by Gasteiger charge is -2.06. The summed E-state index contributed by atoms with van der Waals surface area (Å²) < 4.78 is 5.95. The Morgan fingerprint density at radius 3 is 2.74 bits per heavy atom. The number of fused-ring (bicyclic) bond motifs is 1. The molecule has 0 aliphatic carbocycles. The second-order valence-electron chi connectivity index (χ2n) is 5.13. The summed E-state index contributed by atoms with van der Waals surface area (Å²) in [5, 5.41) is 11.2. The van der Waals surface area contributed by atoms with Crippen LogP contribution >= 0.6 is 15.9 Å². The Hall–Kier alpha value is -2.40. The Morgan fingerprint density at radius 2 is 1.96 bits per heavy atom. The fraction of sp³-hybridized carbons (Fsp3) is 0.111. The molecule has 0 bridgehead atoms. The monoisotopic (exact) mass is 370 g/mol. The van der Waals surface area contributed by atoms with Gasteiger partial charge in [-0.1, -0.05) is 28.1 Å². The van der Waals surface area contributed by atoms with Gasteiger partial charge in [-0.2, -0.15) is 0 Å². The van der Waals surface area contributed by atoms with Crippen molar-refractivity contribution in [1.82, 2.24) is 4.98 Å². The number of hydrogen-bond acceptors (Lipinski definition) is 4. The number of aromatic hydroxyl groups is 1. The molecule has 4 nitrogen and oxygen atoms in total. The van der Waals surface area contributed by atoms with Gasteiger partial charge >= 0.3 is 0 Å². The number of hydrogen-bond donors (Lipinski definition) is 1. The highest BCUT2D eigenvalue weighted by atomic mass is 79.9. The lowest BCUT2D eigenvalue weighted by molar-refractivity contribution is 0.373. The van der Waals surface area contributed by atoms with Gasteiger partial charge in [0, 0.05) is 27.3 Å². The van der Waals surface area contributed by atoms with E-state index in [9.17, 15) is 5.11 Å². The summed E-state index contributed by atoms with van der Waals surface area (Å²) in [5.41, 5.74) is 3.21. The van der Waals surface area contributed by atoms with Crippen LogP contribution in [-0.2, 0) is 0 Å². The highest BCUT2D eigenvalue weighted by molar-refractivity contribution is 9.10. The summed E-state index contributed by atoms with van der Waals surface area (Å²) in [6.07, 6.45) is 1.61. The van der Waals surface area contributed by atoms with Crippen LogP contribution in [-0.4, -0.2) is 23.4 Å². The number of aliphatic imine (C=N–C) groups is 1. The van der Waals surface area contributed by atoms with Crippen molar-refractivity contribution in [2.75, 3.05) is 7.11 Å². The maximum absolute atomic E-state index is 10.1. The van der Waals surface area contributed by atoms with Crippen LogP contribution in [0, 0.1) is 6.92 Å². The molecule has 0 atom stereocenters. The van der Waals surface area contributed by atoms with E-state index < -0.39 is 0 Å². The highest BCUT2D eigenvalue weighted by Crippen LogP contribution is 2.33. The number of phenolic OH excluding ortho intramolecular Hbond substituents is 1. The van der Waals surface area contributed by atoms with E-state index in [4.69, 9.17) is 4.74 Å². The molecule has 1 N–H and O–H groups in total.